The van der Waals surface area contributed by atoms with Crippen LogP contribution in [-0.2, 0) is 9.53 Å². The molecule has 0 aliphatic carbocycles. The molecule has 0 atom stereocenters. The summed E-state index contributed by atoms with van der Waals surface area (Å²) in [6, 6.07) is 9.99. The van der Waals surface area contributed by atoms with Crippen molar-refractivity contribution in [2.24, 2.45) is 0 Å². The number of esters is 1. The van der Waals surface area contributed by atoms with Gasteiger partial charge in [-0.2, -0.15) is 0 Å². The summed E-state index contributed by atoms with van der Waals surface area (Å²) in [5.74, 6) is -0.136. The van der Waals surface area contributed by atoms with Crippen molar-refractivity contribution in [3.8, 4) is 0 Å². The highest BCUT2D eigenvalue weighted by Gasteiger charge is 2.03. The van der Waals surface area contributed by atoms with Crippen LogP contribution in [0, 0.1) is 0 Å². The van der Waals surface area contributed by atoms with E-state index in [1.54, 1.807) is 0 Å². The van der Waals surface area contributed by atoms with E-state index >= 15 is 0 Å². The standard InChI is InChI=1S/C15H20O2/c1-3-4-10-17-15(16)12-13(2)11-14-8-6-5-7-9-14/h5-9,11H,3-4,10,12H2,1-2H3. The van der Waals surface area contributed by atoms with Crippen LogP contribution in [0.5, 0.6) is 0 Å². The number of carbonyl (C=O) groups excluding carboxylic acids is 1. The summed E-state index contributed by atoms with van der Waals surface area (Å²) in [5, 5.41) is 0. The molecule has 92 valence electrons. The third kappa shape index (κ3) is 5.91. The molecule has 0 aliphatic heterocycles. The third-order valence-corrected chi connectivity index (χ3v) is 2.40. The summed E-state index contributed by atoms with van der Waals surface area (Å²) in [6.45, 7) is 4.57. The lowest BCUT2D eigenvalue weighted by Crippen LogP contribution is -2.05. The van der Waals surface area contributed by atoms with Gasteiger partial charge in [-0.3, -0.25) is 4.79 Å². The Hall–Kier alpha value is -1.57. The molecule has 1 aromatic carbocycles. The van der Waals surface area contributed by atoms with Crippen molar-refractivity contribution in [2.45, 2.75) is 33.1 Å². The quantitative estimate of drug-likeness (QED) is 0.550. The van der Waals surface area contributed by atoms with Gasteiger partial charge in [0.25, 0.3) is 0 Å². The second-order valence-corrected chi connectivity index (χ2v) is 4.15. The molecule has 1 rings (SSSR count). The van der Waals surface area contributed by atoms with Crippen LogP contribution in [0.25, 0.3) is 6.08 Å². The van der Waals surface area contributed by atoms with Gasteiger partial charge in [-0.1, -0.05) is 55.3 Å². The van der Waals surface area contributed by atoms with E-state index in [4.69, 9.17) is 4.74 Å². The fourth-order valence-corrected chi connectivity index (χ4v) is 1.49. The van der Waals surface area contributed by atoms with Gasteiger partial charge in [0.05, 0.1) is 13.0 Å². The summed E-state index contributed by atoms with van der Waals surface area (Å²) in [6.07, 6.45) is 4.37. The van der Waals surface area contributed by atoms with Gasteiger partial charge < -0.3 is 4.74 Å². The van der Waals surface area contributed by atoms with Crippen molar-refractivity contribution in [3.63, 3.8) is 0 Å². The molecule has 0 fully saturated rings. The largest absolute Gasteiger partial charge is 0.465 e. The lowest BCUT2D eigenvalue weighted by atomic mass is 10.1. The Morgan fingerprint density at radius 3 is 2.65 bits per heavy atom. The van der Waals surface area contributed by atoms with Gasteiger partial charge in [0.1, 0.15) is 0 Å². The minimum Gasteiger partial charge on any atom is -0.465 e. The molecule has 0 aromatic heterocycles. The van der Waals surface area contributed by atoms with Gasteiger partial charge in [0.2, 0.25) is 0 Å². The molecule has 0 saturated heterocycles. The number of hydrogen-bond donors (Lipinski definition) is 0. The van der Waals surface area contributed by atoms with Crippen molar-refractivity contribution in [3.05, 3.63) is 41.5 Å². The number of benzene rings is 1. The van der Waals surface area contributed by atoms with Crippen molar-refractivity contribution in [1.29, 1.82) is 0 Å². The molecule has 0 radical (unpaired) electrons. The van der Waals surface area contributed by atoms with E-state index in [1.807, 2.05) is 43.3 Å². The SMILES string of the molecule is CCCCOC(=O)CC(C)=Cc1ccccc1. The van der Waals surface area contributed by atoms with Crippen LogP contribution >= 0.6 is 0 Å². The summed E-state index contributed by atoms with van der Waals surface area (Å²) < 4.78 is 5.11. The number of ether oxygens (including phenoxy) is 1. The fraction of sp³-hybridized carbons (Fsp3) is 0.400. The minimum atomic E-state index is -0.136. The molecule has 2 heteroatoms. The highest BCUT2D eigenvalue weighted by Crippen LogP contribution is 2.09. The monoisotopic (exact) mass is 232 g/mol. The highest BCUT2D eigenvalue weighted by atomic mass is 16.5. The maximum absolute atomic E-state index is 11.5. The molecule has 0 bridgehead atoms. The zero-order chi connectivity index (χ0) is 12.5. The van der Waals surface area contributed by atoms with Gasteiger partial charge >= 0.3 is 5.97 Å². The van der Waals surface area contributed by atoms with Crippen molar-refractivity contribution < 1.29 is 9.53 Å². The van der Waals surface area contributed by atoms with Crippen LogP contribution in [0.15, 0.2) is 35.9 Å². The molecule has 0 spiro atoms. The first-order valence-corrected chi connectivity index (χ1v) is 6.10. The van der Waals surface area contributed by atoms with Crippen LogP contribution < -0.4 is 0 Å². The van der Waals surface area contributed by atoms with Gasteiger partial charge in [0.15, 0.2) is 0 Å². The van der Waals surface area contributed by atoms with E-state index in [0.29, 0.717) is 13.0 Å². The summed E-state index contributed by atoms with van der Waals surface area (Å²) in [4.78, 5) is 11.5. The molecule has 0 unspecified atom stereocenters. The number of unbranched alkanes of at least 4 members (excludes halogenated alkanes) is 1. The summed E-state index contributed by atoms with van der Waals surface area (Å²) in [5.41, 5.74) is 2.14. The Morgan fingerprint density at radius 1 is 1.29 bits per heavy atom. The predicted octanol–water partition coefficient (Wildman–Crippen LogP) is 3.82. The fourth-order valence-electron chi connectivity index (χ4n) is 1.49. The van der Waals surface area contributed by atoms with Gasteiger partial charge in [-0.25, -0.2) is 0 Å². The van der Waals surface area contributed by atoms with Crippen LogP contribution in [0.3, 0.4) is 0 Å². The van der Waals surface area contributed by atoms with Crippen LogP contribution in [0.4, 0.5) is 0 Å². The third-order valence-electron chi connectivity index (χ3n) is 2.40. The van der Waals surface area contributed by atoms with Gasteiger partial charge in [-0.05, 0) is 18.9 Å². The molecule has 17 heavy (non-hydrogen) atoms. The van der Waals surface area contributed by atoms with Crippen molar-refractivity contribution in [1.82, 2.24) is 0 Å². The first kappa shape index (κ1) is 13.5. The summed E-state index contributed by atoms with van der Waals surface area (Å²) >= 11 is 0. The number of hydrogen-bond acceptors (Lipinski definition) is 2. The first-order chi connectivity index (χ1) is 8.22. The molecule has 0 aliphatic rings. The van der Waals surface area contributed by atoms with Gasteiger partial charge in [-0.15, -0.1) is 0 Å². The minimum absolute atomic E-state index is 0.136. The zero-order valence-corrected chi connectivity index (χ0v) is 10.6. The van der Waals surface area contributed by atoms with E-state index in [2.05, 4.69) is 6.92 Å². The lowest BCUT2D eigenvalue weighted by molar-refractivity contribution is -0.142. The van der Waals surface area contributed by atoms with Gasteiger partial charge in [0, 0.05) is 0 Å². The molecule has 2 nitrogen and oxygen atoms in total. The Bertz CT molecular complexity index is 366. The van der Waals surface area contributed by atoms with E-state index in [9.17, 15) is 4.79 Å². The summed E-state index contributed by atoms with van der Waals surface area (Å²) in [7, 11) is 0. The Kier molecular flexibility index (Phi) is 6.08. The van der Waals surface area contributed by atoms with Crippen LogP contribution in [0.2, 0.25) is 0 Å². The van der Waals surface area contributed by atoms with Crippen LogP contribution in [0.1, 0.15) is 38.7 Å². The molecule has 0 N–H and O–H groups in total. The van der Waals surface area contributed by atoms with E-state index < -0.39 is 0 Å². The molecule has 0 amide bonds. The van der Waals surface area contributed by atoms with Crippen LogP contribution in [-0.4, -0.2) is 12.6 Å². The Balaban J connectivity index is 2.41. The van der Waals surface area contributed by atoms with E-state index in [0.717, 1.165) is 24.0 Å². The average Bonchev–Trinajstić information content (AvgIpc) is 2.30. The molecule has 1 aromatic rings. The average molecular weight is 232 g/mol. The first-order valence-electron chi connectivity index (χ1n) is 6.10. The van der Waals surface area contributed by atoms with Crippen molar-refractivity contribution in [2.75, 3.05) is 6.61 Å². The Morgan fingerprint density at radius 2 is 2.00 bits per heavy atom. The normalized spacial score (nSPS) is 11.3. The lowest BCUT2D eigenvalue weighted by Gasteiger charge is -2.04. The smallest absolute Gasteiger partial charge is 0.309 e. The number of carbonyl (C=O) groups is 1. The molecular formula is C15H20O2. The Labute approximate surface area is 103 Å². The molecule has 0 saturated carbocycles. The van der Waals surface area contributed by atoms with Crippen molar-refractivity contribution >= 4 is 12.0 Å². The maximum atomic E-state index is 11.5. The highest BCUT2D eigenvalue weighted by molar-refractivity contribution is 5.74. The van der Waals surface area contributed by atoms with E-state index in [1.165, 1.54) is 0 Å². The zero-order valence-electron chi connectivity index (χ0n) is 10.6. The second kappa shape index (κ2) is 7.66. The predicted molar refractivity (Wildman–Crippen MR) is 70.6 cm³/mol. The number of rotatable bonds is 6. The second-order valence-electron chi connectivity index (χ2n) is 4.15. The molecule has 0 heterocycles. The topological polar surface area (TPSA) is 26.3 Å². The maximum Gasteiger partial charge on any atom is 0.309 e. The van der Waals surface area contributed by atoms with E-state index in [-0.39, 0.29) is 5.97 Å². The molecular weight excluding hydrogens is 212 g/mol.